The minimum atomic E-state index is -0.325. The van der Waals surface area contributed by atoms with Crippen molar-refractivity contribution < 1.29 is 13.6 Å². The number of hydrogen-bond donors (Lipinski definition) is 3. The van der Waals surface area contributed by atoms with Crippen LogP contribution in [0.5, 0.6) is 0 Å². The molecular formula is C19H16FN3O2S. The van der Waals surface area contributed by atoms with Gasteiger partial charge in [0.1, 0.15) is 5.82 Å². The fourth-order valence-corrected chi connectivity index (χ4v) is 2.44. The maximum Gasteiger partial charge on any atom is 0.291 e. The Morgan fingerprint density at radius 2 is 1.58 bits per heavy atom. The van der Waals surface area contributed by atoms with Gasteiger partial charge >= 0.3 is 0 Å². The van der Waals surface area contributed by atoms with Crippen molar-refractivity contribution in [3.8, 4) is 0 Å². The highest BCUT2D eigenvalue weighted by Gasteiger charge is 2.08. The number of nitrogens with one attached hydrogen (secondary N) is 3. The second-order valence-electron chi connectivity index (χ2n) is 5.55. The second-order valence-corrected chi connectivity index (χ2v) is 5.96. The van der Waals surface area contributed by atoms with E-state index in [1.54, 1.807) is 55.5 Å². The molecular weight excluding hydrogens is 353 g/mol. The van der Waals surface area contributed by atoms with E-state index in [9.17, 15) is 9.18 Å². The van der Waals surface area contributed by atoms with Crippen molar-refractivity contribution in [3.63, 3.8) is 0 Å². The van der Waals surface area contributed by atoms with Crippen LogP contribution in [0.4, 0.5) is 21.5 Å². The summed E-state index contributed by atoms with van der Waals surface area (Å²) in [4.78, 5) is 11.9. The third kappa shape index (κ3) is 4.46. The first-order chi connectivity index (χ1) is 12.5. The highest BCUT2D eigenvalue weighted by molar-refractivity contribution is 7.80. The van der Waals surface area contributed by atoms with E-state index >= 15 is 0 Å². The molecule has 2 aromatic carbocycles. The number of thiocarbonyl (C=S) groups is 1. The van der Waals surface area contributed by atoms with Gasteiger partial charge in [-0.3, -0.25) is 4.79 Å². The Morgan fingerprint density at radius 1 is 0.962 bits per heavy atom. The summed E-state index contributed by atoms with van der Waals surface area (Å²) in [6.07, 6.45) is 1.44. The zero-order chi connectivity index (χ0) is 18.5. The first-order valence-electron chi connectivity index (χ1n) is 7.80. The minimum absolute atomic E-state index is 0.239. The van der Waals surface area contributed by atoms with Crippen molar-refractivity contribution in [1.82, 2.24) is 0 Å². The van der Waals surface area contributed by atoms with Crippen LogP contribution in [0.1, 0.15) is 16.1 Å². The zero-order valence-corrected chi connectivity index (χ0v) is 14.7. The van der Waals surface area contributed by atoms with Crippen LogP contribution in [-0.4, -0.2) is 11.0 Å². The van der Waals surface area contributed by atoms with Gasteiger partial charge in [0.15, 0.2) is 10.9 Å². The Morgan fingerprint density at radius 3 is 2.19 bits per heavy atom. The minimum Gasteiger partial charge on any atom is -0.459 e. The molecule has 0 saturated carbocycles. The molecule has 0 aliphatic carbocycles. The molecule has 0 saturated heterocycles. The normalized spacial score (nSPS) is 10.2. The third-order valence-corrected chi connectivity index (χ3v) is 3.78. The van der Waals surface area contributed by atoms with Gasteiger partial charge in [0.25, 0.3) is 5.91 Å². The number of rotatable bonds is 4. The predicted molar refractivity (Wildman–Crippen MR) is 104 cm³/mol. The van der Waals surface area contributed by atoms with Crippen molar-refractivity contribution in [2.75, 3.05) is 16.0 Å². The van der Waals surface area contributed by atoms with Crippen molar-refractivity contribution in [1.29, 1.82) is 0 Å². The molecule has 0 fully saturated rings. The van der Waals surface area contributed by atoms with Gasteiger partial charge < -0.3 is 20.4 Å². The molecule has 0 radical (unpaired) electrons. The number of hydrogen-bond acceptors (Lipinski definition) is 3. The van der Waals surface area contributed by atoms with Crippen LogP contribution >= 0.6 is 12.2 Å². The van der Waals surface area contributed by atoms with Gasteiger partial charge in [-0.2, -0.15) is 0 Å². The lowest BCUT2D eigenvalue weighted by Gasteiger charge is -2.12. The first-order valence-corrected chi connectivity index (χ1v) is 8.21. The van der Waals surface area contributed by atoms with Gasteiger partial charge in [-0.25, -0.2) is 4.39 Å². The number of anilines is 3. The number of carbonyl (C=O) groups is 1. The molecule has 26 heavy (non-hydrogen) atoms. The molecule has 3 rings (SSSR count). The molecule has 0 unspecified atom stereocenters. The molecule has 0 spiro atoms. The smallest absolute Gasteiger partial charge is 0.291 e. The van der Waals surface area contributed by atoms with Crippen LogP contribution in [-0.2, 0) is 0 Å². The van der Waals surface area contributed by atoms with E-state index in [0.29, 0.717) is 22.1 Å². The molecule has 0 aliphatic heterocycles. The molecule has 1 heterocycles. The van der Waals surface area contributed by atoms with E-state index < -0.39 is 0 Å². The Balaban J connectivity index is 1.57. The fourth-order valence-electron chi connectivity index (χ4n) is 2.20. The summed E-state index contributed by atoms with van der Waals surface area (Å²) >= 11 is 5.22. The SMILES string of the molecule is Cc1ccc(NC(=S)Nc2ccc(NC(=O)c3ccco3)cc2)cc1F. The quantitative estimate of drug-likeness (QED) is 0.577. The molecule has 0 atom stereocenters. The molecule has 3 N–H and O–H groups in total. The average Bonchev–Trinajstić information content (AvgIpc) is 3.15. The highest BCUT2D eigenvalue weighted by Crippen LogP contribution is 2.17. The average molecular weight is 369 g/mol. The summed E-state index contributed by atoms with van der Waals surface area (Å²) in [5.41, 5.74) is 2.48. The Hall–Kier alpha value is -3.19. The maximum absolute atomic E-state index is 13.6. The van der Waals surface area contributed by atoms with E-state index in [2.05, 4.69) is 16.0 Å². The maximum atomic E-state index is 13.6. The van der Waals surface area contributed by atoms with Crippen LogP contribution < -0.4 is 16.0 Å². The zero-order valence-electron chi connectivity index (χ0n) is 13.9. The van der Waals surface area contributed by atoms with E-state index in [0.717, 1.165) is 5.69 Å². The van der Waals surface area contributed by atoms with Crippen LogP contribution in [0.25, 0.3) is 0 Å². The van der Waals surface area contributed by atoms with Gasteiger partial charge in [0, 0.05) is 17.1 Å². The summed E-state index contributed by atoms with van der Waals surface area (Å²) in [7, 11) is 0. The molecule has 7 heteroatoms. The van der Waals surface area contributed by atoms with Crippen molar-refractivity contribution >= 4 is 40.3 Å². The monoisotopic (exact) mass is 369 g/mol. The van der Waals surface area contributed by atoms with Crippen molar-refractivity contribution in [2.45, 2.75) is 6.92 Å². The molecule has 0 bridgehead atoms. The molecule has 5 nitrogen and oxygen atoms in total. The summed E-state index contributed by atoms with van der Waals surface area (Å²) < 4.78 is 18.6. The summed E-state index contributed by atoms with van der Waals surface area (Å²) in [5.74, 6) is -0.383. The third-order valence-electron chi connectivity index (χ3n) is 3.58. The Labute approximate surface area is 155 Å². The molecule has 3 aromatic rings. The van der Waals surface area contributed by atoms with Crippen LogP contribution in [0.15, 0.2) is 65.3 Å². The first kappa shape index (κ1) is 17.6. The van der Waals surface area contributed by atoms with Crippen LogP contribution in [0.2, 0.25) is 0 Å². The Kier molecular flexibility index (Phi) is 5.28. The van der Waals surface area contributed by atoms with Gasteiger partial charge in [0.05, 0.1) is 6.26 Å². The van der Waals surface area contributed by atoms with Crippen LogP contribution in [0.3, 0.4) is 0 Å². The summed E-state index contributed by atoms with van der Waals surface area (Å²) in [5, 5.41) is 8.98. The largest absolute Gasteiger partial charge is 0.459 e. The van der Waals surface area contributed by atoms with E-state index in [1.807, 2.05) is 0 Å². The van der Waals surface area contributed by atoms with E-state index in [1.165, 1.54) is 12.3 Å². The lowest BCUT2D eigenvalue weighted by molar-refractivity contribution is 0.0996. The standard InChI is InChI=1S/C19H16FN3O2S/c1-12-4-5-15(11-16(12)20)23-19(26)22-14-8-6-13(7-9-14)21-18(24)17-3-2-10-25-17/h2-11H,1H3,(H,21,24)(H2,22,23,26). The predicted octanol–water partition coefficient (Wildman–Crippen LogP) is 4.79. The van der Waals surface area contributed by atoms with Gasteiger partial charge in [-0.15, -0.1) is 0 Å². The summed E-state index contributed by atoms with van der Waals surface area (Å²) in [6, 6.07) is 15.0. The number of furan rings is 1. The lowest BCUT2D eigenvalue weighted by atomic mass is 10.2. The molecule has 132 valence electrons. The van der Waals surface area contributed by atoms with Crippen molar-refractivity contribution in [2.24, 2.45) is 0 Å². The number of benzene rings is 2. The fraction of sp³-hybridized carbons (Fsp3) is 0.0526. The van der Waals surface area contributed by atoms with Gasteiger partial charge in [0.2, 0.25) is 0 Å². The second kappa shape index (κ2) is 7.79. The summed E-state index contributed by atoms with van der Waals surface area (Å²) in [6.45, 7) is 1.70. The van der Waals surface area contributed by atoms with Gasteiger partial charge in [-0.05, 0) is 73.2 Å². The number of aryl methyl sites for hydroxylation is 1. The molecule has 1 aromatic heterocycles. The Bertz CT molecular complexity index is 924. The van der Waals surface area contributed by atoms with Gasteiger partial charge in [-0.1, -0.05) is 6.07 Å². The number of carbonyl (C=O) groups excluding carboxylic acids is 1. The number of halogens is 1. The lowest BCUT2D eigenvalue weighted by Crippen LogP contribution is -2.19. The number of amides is 1. The van der Waals surface area contributed by atoms with E-state index in [4.69, 9.17) is 16.6 Å². The van der Waals surface area contributed by atoms with Crippen molar-refractivity contribution in [3.05, 3.63) is 78.0 Å². The van der Waals surface area contributed by atoms with Crippen LogP contribution in [0, 0.1) is 12.7 Å². The topological polar surface area (TPSA) is 66.3 Å². The van der Waals surface area contributed by atoms with E-state index in [-0.39, 0.29) is 17.5 Å². The highest BCUT2D eigenvalue weighted by atomic mass is 32.1. The molecule has 1 amide bonds. The molecule has 0 aliphatic rings.